The van der Waals surface area contributed by atoms with E-state index in [0.717, 1.165) is 56.5 Å². The summed E-state index contributed by atoms with van der Waals surface area (Å²) < 4.78 is 14.4. The standard InChI is InChI=1S/C22H30FN7O/c1-15-13-16(5-6-18(15)30-11-9-29(2)10-12-30)26-21-25-14-17(23)19(27-21)28-22(20(24)31)7-3-4-8-22/h5-6,13-14H,3-4,7-12H2,1-2H3,(H2,24,31)(H2,25,26,27,28). The molecule has 1 saturated carbocycles. The predicted octanol–water partition coefficient (Wildman–Crippen LogP) is 2.63. The highest BCUT2D eigenvalue weighted by molar-refractivity contribution is 5.88. The molecule has 1 aromatic heterocycles. The number of aromatic nitrogens is 2. The average molecular weight is 428 g/mol. The third-order valence-corrected chi connectivity index (χ3v) is 6.33. The summed E-state index contributed by atoms with van der Waals surface area (Å²) in [7, 11) is 2.14. The van der Waals surface area contributed by atoms with Gasteiger partial charge in [0.2, 0.25) is 11.9 Å². The Kier molecular flexibility index (Phi) is 5.95. The van der Waals surface area contributed by atoms with Crippen LogP contribution in [-0.2, 0) is 4.79 Å². The van der Waals surface area contributed by atoms with Crippen molar-refractivity contribution in [3.05, 3.63) is 35.8 Å². The number of benzene rings is 1. The molecule has 1 amide bonds. The molecule has 2 fully saturated rings. The summed E-state index contributed by atoms with van der Waals surface area (Å²) in [6, 6.07) is 6.10. The SMILES string of the molecule is Cc1cc(Nc2ncc(F)c(NC3(C(N)=O)CCCC3)n2)ccc1N1CCN(C)CC1. The van der Waals surface area contributed by atoms with Gasteiger partial charge < -0.3 is 26.2 Å². The van der Waals surface area contributed by atoms with E-state index in [1.807, 2.05) is 12.1 Å². The van der Waals surface area contributed by atoms with Gasteiger partial charge in [-0.2, -0.15) is 4.98 Å². The minimum atomic E-state index is -0.951. The Balaban J connectivity index is 1.50. The lowest BCUT2D eigenvalue weighted by atomic mass is 9.97. The fourth-order valence-electron chi connectivity index (χ4n) is 4.42. The van der Waals surface area contributed by atoms with Crippen molar-refractivity contribution in [1.82, 2.24) is 14.9 Å². The number of nitrogens with one attached hydrogen (secondary N) is 2. The maximum absolute atomic E-state index is 14.4. The lowest BCUT2D eigenvalue weighted by Gasteiger charge is -2.35. The molecule has 0 spiro atoms. The maximum atomic E-state index is 14.4. The molecule has 31 heavy (non-hydrogen) atoms. The highest BCUT2D eigenvalue weighted by Crippen LogP contribution is 2.33. The van der Waals surface area contributed by atoms with Gasteiger partial charge in [-0.15, -0.1) is 0 Å². The summed E-state index contributed by atoms with van der Waals surface area (Å²) in [5, 5.41) is 6.11. The normalized spacial score (nSPS) is 18.7. The highest BCUT2D eigenvalue weighted by Gasteiger charge is 2.40. The number of carbonyl (C=O) groups excluding carboxylic acids is 1. The summed E-state index contributed by atoms with van der Waals surface area (Å²) in [4.78, 5) is 25.1. The van der Waals surface area contributed by atoms with Gasteiger partial charge in [-0.1, -0.05) is 12.8 Å². The Morgan fingerprint density at radius 2 is 1.90 bits per heavy atom. The number of nitrogens with zero attached hydrogens (tertiary/aromatic N) is 4. The zero-order chi connectivity index (χ0) is 22.0. The van der Waals surface area contributed by atoms with E-state index in [-0.39, 0.29) is 11.8 Å². The summed E-state index contributed by atoms with van der Waals surface area (Å²) in [6.07, 6.45) is 3.98. The topological polar surface area (TPSA) is 99.4 Å². The molecule has 1 aliphatic heterocycles. The van der Waals surface area contributed by atoms with Gasteiger partial charge in [0, 0.05) is 37.6 Å². The second kappa shape index (κ2) is 8.66. The predicted molar refractivity (Wildman–Crippen MR) is 120 cm³/mol. The van der Waals surface area contributed by atoms with Crippen molar-refractivity contribution in [1.29, 1.82) is 0 Å². The number of halogens is 1. The third-order valence-electron chi connectivity index (χ3n) is 6.33. The molecule has 2 heterocycles. The number of hydrogen-bond acceptors (Lipinski definition) is 7. The first-order chi connectivity index (χ1) is 14.9. The van der Waals surface area contributed by atoms with Crippen LogP contribution in [0.5, 0.6) is 0 Å². The van der Waals surface area contributed by atoms with Crippen molar-refractivity contribution in [2.24, 2.45) is 5.73 Å². The number of carbonyl (C=O) groups is 1. The van der Waals surface area contributed by atoms with Gasteiger partial charge in [-0.05, 0) is 50.6 Å². The quantitative estimate of drug-likeness (QED) is 0.652. The first-order valence-electron chi connectivity index (χ1n) is 10.8. The number of amides is 1. The molecule has 4 rings (SSSR count). The number of hydrogen-bond donors (Lipinski definition) is 3. The van der Waals surface area contributed by atoms with E-state index in [2.05, 4.69) is 50.4 Å². The molecule has 1 saturated heterocycles. The Morgan fingerprint density at radius 1 is 1.19 bits per heavy atom. The molecule has 0 atom stereocenters. The number of nitrogens with two attached hydrogens (primary N) is 1. The van der Waals surface area contributed by atoms with Crippen LogP contribution in [-0.4, -0.2) is 59.5 Å². The molecule has 1 aromatic carbocycles. The van der Waals surface area contributed by atoms with E-state index in [0.29, 0.717) is 12.8 Å². The van der Waals surface area contributed by atoms with Crippen LogP contribution in [0.4, 0.5) is 27.5 Å². The van der Waals surface area contributed by atoms with Crippen molar-refractivity contribution >= 4 is 29.0 Å². The van der Waals surface area contributed by atoms with Gasteiger partial charge in [0.05, 0.1) is 6.20 Å². The van der Waals surface area contributed by atoms with Crippen LogP contribution < -0.4 is 21.3 Å². The van der Waals surface area contributed by atoms with Gasteiger partial charge >= 0.3 is 0 Å². The van der Waals surface area contributed by atoms with Crippen LogP contribution in [0.3, 0.4) is 0 Å². The van der Waals surface area contributed by atoms with Crippen LogP contribution in [0, 0.1) is 12.7 Å². The summed E-state index contributed by atoms with van der Waals surface area (Å²) >= 11 is 0. The van der Waals surface area contributed by atoms with E-state index in [4.69, 9.17) is 5.73 Å². The van der Waals surface area contributed by atoms with Gasteiger partial charge in [0.1, 0.15) is 5.54 Å². The number of piperazine rings is 1. The lowest BCUT2D eigenvalue weighted by Crippen LogP contribution is -2.48. The van der Waals surface area contributed by atoms with E-state index in [1.54, 1.807) is 0 Å². The molecule has 9 heteroatoms. The molecule has 0 bridgehead atoms. The average Bonchev–Trinajstić information content (AvgIpc) is 3.22. The lowest BCUT2D eigenvalue weighted by molar-refractivity contribution is -0.122. The summed E-state index contributed by atoms with van der Waals surface area (Å²) in [6.45, 7) is 6.18. The number of primary amides is 1. The fourth-order valence-corrected chi connectivity index (χ4v) is 4.42. The summed E-state index contributed by atoms with van der Waals surface area (Å²) in [5.41, 5.74) is 7.83. The Morgan fingerprint density at radius 3 is 2.55 bits per heavy atom. The zero-order valence-electron chi connectivity index (χ0n) is 18.1. The van der Waals surface area contributed by atoms with Crippen LogP contribution in [0.1, 0.15) is 31.2 Å². The van der Waals surface area contributed by atoms with E-state index < -0.39 is 17.3 Å². The molecular weight excluding hydrogens is 397 g/mol. The van der Waals surface area contributed by atoms with Gasteiger partial charge in [-0.25, -0.2) is 9.37 Å². The number of aryl methyl sites for hydroxylation is 1. The number of rotatable bonds is 6. The Labute approximate surface area is 182 Å². The van der Waals surface area contributed by atoms with Crippen LogP contribution in [0.25, 0.3) is 0 Å². The molecule has 0 unspecified atom stereocenters. The minimum absolute atomic E-state index is 0.0102. The third kappa shape index (κ3) is 4.56. The minimum Gasteiger partial charge on any atom is -0.369 e. The van der Waals surface area contributed by atoms with Crippen molar-refractivity contribution in [3.63, 3.8) is 0 Å². The van der Waals surface area contributed by atoms with Gasteiger partial charge in [0.25, 0.3) is 0 Å². The second-order valence-electron chi connectivity index (χ2n) is 8.59. The zero-order valence-corrected chi connectivity index (χ0v) is 18.1. The smallest absolute Gasteiger partial charge is 0.243 e. The molecule has 4 N–H and O–H groups in total. The second-order valence-corrected chi connectivity index (χ2v) is 8.59. The fraction of sp³-hybridized carbons (Fsp3) is 0.500. The van der Waals surface area contributed by atoms with E-state index in [9.17, 15) is 9.18 Å². The monoisotopic (exact) mass is 427 g/mol. The van der Waals surface area contributed by atoms with E-state index in [1.165, 1.54) is 5.69 Å². The summed E-state index contributed by atoms with van der Waals surface area (Å²) in [5.74, 6) is -0.843. The molecule has 2 aliphatic rings. The van der Waals surface area contributed by atoms with Crippen LogP contribution in [0.2, 0.25) is 0 Å². The van der Waals surface area contributed by atoms with Gasteiger partial charge in [-0.3, -0.25) is 4.79 Å². The Bertz CT molecular complexity index is 953. The molecule has 166 valence electrons. The first kappa shape index (κ1) is 21.3. The number of likely N-dealkylation sites (N-methyl/N-ethyl adjacent to an activating group) is 1. The molecule has 0 radical (unpaired) electrons. The van der Waals surface area contributed by atoms with Crippen LogP contribution >= 0.6 is 0 Å². The first-order valence-corrected chi connectivity index (χ1v) is 10.8. The maximum Gasteiger partial charge on any atom is 0.243 e. The molecule has 8 nitrogen and oxygen atoms in total. The van der Waals surface area contributed by atoms with Crippen molar-refractivity contribution in [2.45, 2.75) is 38.1 Å². The van der Waals surface area contributed by atoms with Crippen molar-refractivity contribution < 1.29 is 9.18 Å². The molecule has 2 aromatic rings. The van der Waals surface area contributed by atoms with Crippen LogP contribution in [0.15, 0.2) is 24.4 Å². The Hall–Kier alpha value is -2.94. The van der Waals surface area contributed by atoms with E-state index >= 15 is 0 Å². The molecule has 1 aliphatic carbocycles. The van der Waals surface area contributed by atoms with Gasteiger partial charge in [0.15, 0.2) is 11.6 Å². The van der Waals surface area contributed by atoms with Crippen molar-refractivity contribution in [2.75, 3.05) is 48.8 Å². The number of anilines is 4. The highest BCUT2D eigenvalue weighted by atomic mass is 19.1. The largest absolute Gasteiger partial charge is 0.369 e. The van der Waals surface area contributed by atoms with Crippen molar-refractivity contribution in [3.8, 4) is 0 Å². The molecular formula is C22H30FN7O.